The molecule has 34 heavy (non-hydrogen) atoms. The number of aryl methyl sites for hydroxylation is 1. The molecule has 1 aromatic rings. The van der Waals surface area contributed by atoms with E-state index >= 15 is 0 Å². The first-order chi connectivity index (χ1) is 16.0. The standard InChI is InChI=1S/C26H37ClO6Si/c1-31-22-15-14-19(17-23(22)32-2)11-10-16-26(33-34(3,4)5)18-21(27)25(30)20(26)12-8-6-7-9-13-24(28)29/h12,14-15,17-18H,6-11,13,16H2,1-5H3,(H,28,29)/b20-12-. The number of ether oxygens (including phenoxy) is 2. The number of rotatable bonds is 14. The molecule has 0 bridgehead atoms. The van der Waals surface area contributed by atoms with Crippen LogP contribution in [0.3, 0.4) is 0 Å². The third kappa shape index (κ3) is 8.00. The molecule has 0 radical (unpaired) electrons. The molecule has 0 amide bonds. The first kappa shape index (κ1) is 28.1. The first-order valence-electron chi connectivity index (χ1n) is 11.8. The van der Waals surface area contributed by atoms with E-state index in [1.54, 1.807) is 20.3 Å². The molecule has 0 aliphatic heterocycles. The van der Waals surface area contributed by atoms with Gasteiger partial charge in [0.05, 0.1) is 19.3 Å². The van der Waals surface area contributed by atoms with Crippen molar-refractivity contribution in [1.82, 2.24) is 0 Å². The van der Waals surface area contributed by atoms with Gasteiger partial charge in [-0.25, -0.2) is 0 Å². The molecule has 188 valence electrons. The Kier molecular flexibility index (Phi) is 10.4. The highest BCUT2D eigenvalue weighted by Crippen LogP contribution is 2.42. The van der Waals surface area contributed by atoms with Crippen molar-refractivity contribution in [1.29, 1.82) is 0 Å². The Morgan fingerprint density at radius 2 is 1.79 bits per heavy atom. The van der Waals surface area contributed by atoms with E-state index in [4.69, 9.17) is 30.6 Å². The number of Topliss-reactive ketones (excluding diaryl/α,β-unsaturated/α-hetero) is 1. The molecule has 1 aromatic carbocycles. The number of ketones is 1. The topological polar surface area (TPSA) is 82.1 Å². The minimum Gasteiger partial charge on any atom is -0.493 e. The SMILES string of the molecule is COc1ccc(CCCC2(O[Si](C)(C)C)C=C(Cl)C(=O)/C2=C/CCCCCC(=O)O)cc1OC. The van der Waals surface area contributed by atoms with E-state index < -0.39 is 19.9 Å². The molecular formula is C26H37ClO6Si. The van der Waals surface area contributed by atoms with Crippen molar-refractivity contribution in [2.45, 2.75) is 76.6 Å². The number of carboxylic acids is 1. The van der Waals surface area contributed by atoms with Crippen molar-refractivity contribution in [3.05, 3.63) is 46.5 Å². The van der Waals surface area contributed by atoms with Crippen molar-refractivity contribution in [2.24, 2.45) is 0 Å². The summed E-state index contributed by atoms with van der Waals surface area (Å²) in [6.45, 7) is 6.32. The number of aliphatic carboxylic acids is 1. The van der Waals surface area contributed by atoms with Gasteiger partial charge in [-0.1, -0.05) is 30.2 Å². The van der Waals surface area contributed by atoms with Gasteiger partial charge in [0.2, 0.25) is 5.78 Å². The summed E-state index contributed by atoms with van der Waals surface area (Å²) in [5.74, 6) is 0.430. The maximum Gasteiger partial charge on any atom is 0.303 e. The van der Waals surface area contributed by atoms with Gasteiger partial charge in [0.25, 0.3) is 0 Å². The summed E-state index contributed by atoms with van der Waals surface area (Å²) in [4.78, 5) is 23.7. The number of allylic oxidation sites excluding steroid dienone is 2. The molecule has 1 aliphatic carbocycles. The Labute approximate surface area is 209 Å². The van der Waals surface area contributed by atoms with Crippen LogP contribution in [0.1, 0.15) is 50.5 Å². The van der Waals surface area contributed by atoms with Crippen molar-refractivity contribution in [2.75, 3.05) is 14.2 Å². The molecule has 1 N–H and O–H groups in total. The zero-order valence-corrected chi connectivity index (χ0v) is 22.7. The normalized spacial score (nSPS) is 19.4. The second kappa shape index (κ2) is 12.6. The number of hydrogen-bond donors (Lipinski definition) is 1. The van der Waals surface area contributed by atoms with Crippen LogP contribution in [0.5, 0.6) is 11.5 Å². The number of unbranched alkanes of at least 4 members (excludes halogenated alkanes) is 3. The number of hydrogen-bond acceptors (Lipinski definition) is 5. The lowest BCUT2D eigenvalue weighted by Gasteiger charge is -2.36. The summed E-state index contributed by atoms with van der Waals surface area (Å²) < 4.78 is 17.4. The van der Waals surface area contributed by atoms with Crippen LogP contribution in [0, 0.1) is 0 Å². The number of carbonyl (C=O) groups excluding carboxylic acids is 1. The summed E-state index contributed by atoms with van der Waals surface area (Å²) in [6.07, 6.45) is 9.07. The molecule has 1 aliphatic rings. The maximum absolute atomic E-state index is 13.0. The van der Waals surface area contributed by atoms with Crippen molar-refractivity contribution >= 4 is 31.7 Å². The van der Waals surface area contributed by atoms with Crippen LogP contribution in [-0.2, 0) is 20.4 Å². The Hall–Kier alpha value is -2.09. The molecule has 0 saturated carbocycles. The molecule has 1 atom stereocenters. The van der Waals surface area contributed by atoms with Gasteiger partial charge in [0, 0.05) is 12.0 Å². The highest BCUT2D eigenvalue weighted by atomic mass is 35.5. The van der Waals surface area contributed by atoms with E-state index in [-0.39, 0.29) is 17.2 Å². The Bertz CT molecular complexity index is 934. The maximum atomic E-state index is 13.0. The largest absolute Gasteiger partial charge is 0.493 e. The van der Waals surface area contributed by atoms with Crippen molar-refractivity contribution in [3.8, 4) is 11.5 Å². The summed E-state index contributed by atoms with van der Waals surface area (Å²) in [5.41, 5.74) is 0.908. The second-order valence-electron chi connectivity index (χ2n) is 9.58. The monoisotopic (exact) mass is 508 g/mol. The van der Waals surface area contributed by atoms with Gasteiger partial charge < -0.3 is 19.0 Å². The van der Waals surface area contributed by atoms with Crippen LogP contribution in [0.15, 0.2) is 41.0 Å². The Morgan fingerprint density at radius 1 is 1.09 bits per heavy atom. The van der Waals surface area contributed by atoms with Gasteiger partial charge in [0.15, 0.2) is 19.8 Å². The van der Waals surface area contributed by atoms with Crippen LogP contribution in [0.2, 0.25) is 19.6 Å². The van der Waals surface area contributed by atoms with Gasteiger partial charge in [-0.15, -0.1) is 0 Å². The third-order valence-electron chi connectivity index (χ3n) is 5.67. The summed E-state index contributed by atoms with van der Waals surface area (Å²) in [7, 11) is 1.21. The van der Waals surface area contributed by atoms with E-state index in [9.17, 15) is 9.59 Å². The summed E-state index contributed by atoms with van der Waals surface area (Å²) >= 11 is 6.35. The van der Waals surface area contributed by atoms with Gasteiger partial charge in [-0.05, 0) is 81.9 Å². The zero-order chi connectivity index (χ0) is 25.4. The molecule has 0 spiro atoms. The van der Waals surface area contributed by atoms with Crippen LogP contribution in [0.25, 0.3) is 0 Å². The molecule has 0 aromatic heterocycles. The molecule has 0 saturated heterocycles. The smallest absolute Gasteiger partial charge is 0.303 e. The number of methoxy groups -OCH3 is 2. The van der Waals surface area contributed by atoms with E-state index in [1.165, 1.54) is 0 Å². The fourth-order valence-corrected chi connectivity index (χ4v) is 5.90. The highest BCUT2D eigenvalue weighted by molar-refractivity contribution is 6.70. The average Bonchev–Trinajstić information content (AvgIpc) is 2.98. The van der Waals surface area contributed by atoms with Crippen molar-refractivity contribution < 1.29 is 28.6 Å². The average molecular weight is 509 g/mol. The minimum atomic E-state index is -2.02. The second-order valence-corrected chi connectivity index (χ2v) is 14.4. The molecule has 2 rings (SSSR count). The lowest BCUT2D eigenvalue weighted by Crippen LogP contribution is -2.42. The van der Waals surface area contributed by atoms with E-state index in [0.29, 0.717) is 36.3 Å². The molecule has 1 unspecified atom stereocenters. The lowest BCUT2D eigenvalue weighted by molar-refractivity contribution is -0.137. The zero-order valence-electron chi connectivity index (χ0n) is 20.9. The summed E-state index contributed by atoms with van der Waals surface area (Å²) in [5, 5.41) is 9.01. The fraction of sp³-hybridized carbons (Fsp3) is 0.538. The number of carbonyl (C=O) groups is 2. The van der Waals surface area contributed by atoms with Crippen LogP contribution < -0.4 is 9.47 Å². The predicted molar refractivity (Wildman–Crippen MR) is 137 cm³/mol. The van der Waals surface area contributed by atoms with Crippen LogP contribution in [0.4, 0.5) is 0 Å². The Morgan fingerprint density at radius 3 is 2.41 bits per heavy atom. The molecule has 0 fully saturated rings. The van der Waals surface area contributed by atoms with E-state index in [0.717, 1.165) is 31.2 Å². The quantitative estimate of drug-likeness (QED) is 0.181. The number of benzene rings is 1. The highest BCUT2D eigenvalue weighted by Gasteiger charge is 2.45. The van der Waals surface area contributed by atoms with Crippen LogP contribution in [-0.4, -0.2) is 45.0 Å². The minimum absolute atomic E-state index is 0.168. The number of carboxylic acid groups (broad SMARTS) is 1. The van der Waals surface area contributed by atoms with Gasteiger partial charge in [-0.2, -0.15) is 0 Å². The summed E-state index contributed by atoms with van der Waals surface area (Å²) in [6, 6.07) is 5.89. The van der Waals surface area contributed by atoms with Gasteiger partial charge in [0.1, 0.15) is 5.60 Å². The molecule has 8 heteroatoms. The lowest BCUT2D eigenvalue weighted by atomic mass is 9.89. The Balaban J connectivity index is 2.17. The molecule has 6 nitrogen and oxygen atoms in total. The first-order valence-corrected chi connectivity index (χ1v) is 15.6. The fourth-order valence-electron chi connectivity index (χ4n) is 4.26. The number of halogens is 1. The van der Waals surface area contributed by atoms with Crippen LogP contribution >= 0.6 is 11.6 Å². The van der Waals surface area contributed by atoms with Gasteiger partial charge >= 0.3 is 5.97 Å². The third-order valence-corrected chi connectivity index (χ3v) is 6.93. The van der Waals surface area contributed by atoms with E-state index in [1.807, 2.05) is 24.3 Å². The predicted octanol–water partition coefficient (Wildman–Crippen LogP) is 6.28. The van der Waals surface area contributed by atoms with Gasteiger partial charge in [-0.3, -0.25) is 9.59 Å². The van der Waals surface area contributed by atoms with Crippen molar-refractivity contribution in [3.63, 3.8) is 0 Å². The molecular weight excluding hydrogens is 472 g/mol. The van der Waals surface area contributed by atoms with E-state index in [2.05, 4.69) is 19.6 Å². The molecule has 0 heterocycles.